The van der Waals surface area contributed by atoms with E-state index in [1.807, 2.05) is 12.4 Å². The van der Waals surface area contributed by atoms with Crippen LogP contribution in [0.25, 0.3) is 0 Å². The summed E-state index contributed by atoms with van der Waals surface area (Å²) >= 11 is 7.33. The van der Waals surface area contributed by atoms with Gasteiger partial charge in [0.1, 0.15) is 11.5 Å². The molecule has 0 spiro atoms. The fourth-order valence-electron chi connectivity index (χ4n) is 1.60. The maximum Gasteiger partial charge on any atom is 0.176 e. The normalized spacial score (nSPS) is 11.5. The van der Waals surface area contributed by atoms with Gasteiger partial charge in [-0.15, -0.1) is 0 Å². The molecule has 27 heavy (non-hydrogen) atoms. The Hall–Kier alpha value is -1.76. The molecule has 0 aliphatic heterocycles. The van der Waals surface area contributed by atoms with Crippen molar-refractivity contribution in [3.8, 4) is 0 Å². The molecular weight excluding hydrogens is 397 g/mol. The molecular formula is C15H25ClFN7O2S. The van der Waals surface area contributed by atoms with Crippen molar-refractivity contribution in [1.29, 1.82) is 0 Å². The minimum absolute atomic E-state index is 0.00489. The van der Waals surface area contributed by atoms with Gasteiger partial charge in [-0.25, -0.2) is 14.3 Å². The van der Waals surface area contributed by atoms with Crippen molar-refractivity contribution in [2.75, 3.05) is 32.4 Å². The van der Waals surface area contributed by atoms with Gasteiger partial charge in [0, 0.05) is 32.1 Å². The molecule has 9 nitrogen and oxygen atoms in total. The number of amidine groups is 1. The summed E-state index contributed by atoms with van der Waals surface area (Å²) in [6.45, 7) is 6.82. The number of nitrogens with zero attached hydrogens (tertiary/aromatic N) is 3. The molecule has 0 aromatic heterocycles. The monoisotopic (exact) mass is 421 g/mol. The lowest BCUT2D eigenvalue weighted by Gasteiger charge is -2.09. The van der Waals surface area contributed by atoms with E-state index in [0.29, 0.717) is 12.2 Å². The summed E-state index contributed by atoms with van der Waals surface area (Å²) in [5.74, 6) is 0.401. The minimum Gasteiger partial charge on any atom is -0.333 e. The van der Waals surface area contributed by atoms with Crippen LogP contribution in [0.1, 0.15) is 6.92 Å². The van der Waals surface area contributed by atoms with Crippen LogP contribution in [-0.2, 0) is 4.94 Å². The van der Waals surface area contributed by atoms with E-state index in [1.54, 1.807) is 11.9 Å². The van der Waals surface area contributed by atoms with Crippen molar-refractivity contribution in [2.45, 2.75) is 6.92 Å². The van der Waals surface area contributed by atoms with Gasteiger partial charge >= 0.3 is 0 Å². The number of nitrogens with one attached hydrogen (secondary N) is 3. The third kappa shape index (κ3) is 10.9. The number of nitrogens with two attached hydrogens (primary N) is 1. The van der Waals surface area contributed by atoms with Gasteiger partial charge in [0.25, 0.3) is 0 Å². The molecule has 0 heterocycles. The molecule has 0 saturated heterocycles. The van der Waals surface area contributed by atoms with Crippen molar-refractivity contribution in [3.63, 3.8) is 0 Å². The van der Waals surface area contributed by atoms with Crippen molar-refractivity contribution < 1.29 is 14.5 Å². The number of hydrogen-bond donors (Lipinski definition) is 5. The number of hydrogen-bond acceptors (Lipinski definition) is 9. The second kappa shape index (κ2) is 16.4. The number of hydroxylamine groups is 1. The first-order valence-electron chi connectivity index (χ1n) is 7.88. The Labute approximate surface area is 167 Å². The number of rotatable bonds is 11. The van der Waals surface area contributed by atoms with Crippen LogP contribution in [0.15, 0.2) is 33.5 Å². The highest BCUT2D eigenvalue weighted by Crippen LogP contribution is 2.21. The maximum absolute atomic E-state index is 13.2. The van der Waals surface area contributed by atoms with Crippen LogP contribution in [0, 0.1) is 5.82 Å². The van der Waals surface area contributed by atoms with Crippen LogP contribution >= 0.6 is 23.5 Å². The Morgan fingerprint density at radius 2 is 2.15 bits per heavy atom. The highest BCUT2D eigenvalue weighted by molar-refractivity contribution is 7.97. The fourth-order valence-corrected chi connectivity index (χ4v) is 2.22. The first kappa shape index (κ1) is 25.2. The predicted molar refractivity (Wildman–Crippen MR) is 111 cm³/mol. The lowest BCUT2D eigenvalue weighted by Crippen LogP contribution is -2.38. The Kier molecular flexibility index (Phi) is 15.3. The van der Waals surface area contributed by atoms with Gasteiger partial charge in [0.15, 0.2) is 5.84 Å². The second-order valence-corrected chi connectivity index (χ2v) is 5.99. The Balaban J connectivity index is 0.00000326. The molecule has 0 fully saturated rings. The predicted octanol–water partition coefficient (Wildman–Crippen LogP) is 1.90. The van der Waals surface area contributed by atoms with Crippen LogP contribution in [0.2, 0.25) is 5.02 Å². The third-order valence-corrected chi connectivity index (χ3v) is 3.66. The first-order valence-corrected chi connectivity index (χ1v) is 9.25. The molecule has 1 aromatic rings. The summed E-state index contributed by atoms with van der Waals surface area (Å²) in [5.41, 5.74) is 6.99. The molecule has 152 valence electrons. The van der Waals surface area contributed by atoms with Crippen molar-refractivity contribution in [3.05, 3.63) is 29.0 Å². The summed E-state index contributed by atoms with van der Waals surface area (Å²) in [6.07, 6.45) is 0. The number of oxime groups is 2. The summed E-state index contributed by atoms with van der Waals surface area (Å²) in [7, 11) is 1.50. The van der Waals surface area contributed by atoms with Crippen LogP contribution in [0.4, 0.5) is 10.1 Å². The average Bonchev–Trinajstić information content (AvgIpc) is 2.69. The number of benzene rings is 1. The van der Waals surface area contributed by atoms with Crippen LogP contribution in [-0.4, -0.2) is 55.9 Å². The average molecular weight is 422 g/mol. The molecule has 0 radical (unpaired) electrons. The molecule has 1 aromatic carbocycles. The molecule has 0 aliphatic carbocycles. The van der Waals surface area contributed by atoms with E-state index in [1.165, 1.54) is 25.2 Å². The number of aliphatic imine (C=N–C) groups is 1. The third-order valence-electron chi connectivity index (χ3n) is 2.67. The molecule has 0 unspecified atom stereocenters. The zero-order chi connectivity index (χ0) is 20.5. The van der Waals surface area contributed by atoms with E-state index in [2.05, 4.69) is 42.7 Å². The SMILES string of the molecule is C=NO/N=C(\CNCCNSCC)C(=Nc1ccc(F)c(Cl)c1)NO.CN. The van der Waals surface area contributed by atoms with Crippen LogP contribution < -0.4 is 21.3 Å². The van der Waals surface area contributed by atoms with Crippen molar-refractivity contribution in [2.24, 2.45) is 21.0 Å². The first-order chi connectivity index (χ1) is 13.1. The van der Waals surface area contributed by atoms with Crippen LogP contribution in [0.5, 0.6) is 0 Å². The van der Waals surface area contributed by atoms with E-state index in [-0.39, 0.29) is 23.1 Å². The molecule has 0 aliphatic rings. The quantitative estimate of drug-likeness (QED) is 0.121. The van der Waals surface area contributed by atoms with Gasteiger partial charge < -0.3 is 11.1 Å². The summed E-state index contributed by atoms with van der Waals surface area (Å²) in [4.78, 5) is 8.71. The second-order valence-electron chi connectivity index (χ2n) is 4.42. The summed E-state index contributed by atoms with van der Waals surface area (Å²) in [5, 5.41) is 19.3. The number of halogens is 2. The van der Waals surface area contributed by atoms with E-state index in [9.17, 15) is 9.60 Å². The highest BCUT2D eigenvalue weighted by Gasteiger charge is 2.11. The summed E-state index contributed by atoms with van der Waals surface area (Å²) < 4.78 is 16.4. The summed E-state index contributed by atoms with van der Waals surface area (Å²) in [6, 6.07) is 3.89. The molecule has 1 rings (SSSR count). The van der Waals surface area contributed by atoms with Gasteiger partial charge in [-0.2, -0.15) is 0 Å². The van der Waals surface area contributed by atoms with Gasteiger partial charge in [-0.3, -0.25) is 15.4 Å². The van der Waals surface area contributed by atoms with Crippen molar-refractivity contribution in [1.82, 2.24) is 15.5 Å². The zero-order valence-electron chi connectivity index (χ0n) is 15.2. The van der Waals surface area contributed by atoms with Crippen molar-refractivity contribution >= 4 is 47.5 Å². The lowest BCUT2D eigenvalue weighted by molar-refractivity contribution is 0.158. The lowest BCUT2D eigenvalue weighted by atomic mass is 10.3. The maximum atomic E-state index is 13.2. The Morgan fingerprint density at radius 3 is 2.74 bits per heavy atom. The van der Waals surface area contributed by atoms with E-state index < -0.39 is 5.82 Å². The van der Waals surface area contributed by atoms with Gasteiger partial charge in [-0.1, -0.05) is 40.8 Å². The standard InChI is InChI=1S/C14H20ClFN6O2S.CH5N/c1-3-25-19-7-6-18-9-13(22-24-17-2)14(21-23)20-10-4-5-12(16)11(15)8-10;1-2/h4-5,8,18-19,23H,2-3,6-7,9H2,1H3,(H,20,21);2H2,1H3/b22-13+;. The van der Waals surface area contributed by atoms with E-state index in [0.717, 1.165) is 12.3 Å². The molecule has 6 N–H and O–H groups in total. The van der Waals surface area contributed by atoms with Crippen LogP contribution in [0.3, 0.4) is 0 Å². The van der Waals surface area contributed by atoms with E-state index >= 15 is 0 Å². The fraction of sp³-hybridized carbons (Fsp3) is 0.400. The highest BCUT2D eigenvalue weighted by atomic mass is 35.5. The zero-order valence-corrected chi connectivity index (χ0v) is 16.8. The van der Waals surface area contributed by atoms with Gasteiger partial charge in [0.05, 0.1) is 10.7 Å². The Bertz CT molecular complexity index is 620. The largest absolute Gasteiger partial charge is 0.333 e. The molecule has 12 heteroatoms. The molecule has 0 atom stereocenters. The van der Waals surface area contributed by atoms with Gasteiger partial charge in [-0.05, 0) is 25.2 Å². The van der Waals surface area contributed by atoms with E-state index in [4.69, 9.17) is 11.6 Å². The molecule has 0 amide bonds. The topological polar surface area (TPSA) is 129 Å². The Morgan fingerprint density at radius 1 is 1.41 bits per heavy atom. The molecule has 0 saturated carbocycles. The minimum atomic E-state index is -0.564. The molecule has 0 bridgehead atoms. The van der Waals surface area contributed by atoms with Gasteiger partial charge in [0.2, 0.25) is 0 Å². The smallest absolute Gasteiger partial charge is 0.176 e.